The number of nitrogens with two attached hydrogens (primary N) is 3. The number of guanidine groups is 1. The summed E-state index contributed by atoms with van der Waals surface area (Å²) in [7, 11) is 0. The molecule has 13 atom stereocenters. The summed E-state index contributed by atoms with van der Waals surface area (Å²) >= 11 is 0. The summed E-state index contributed by atoms with van der Waals surface area (Å²) < 4.78 is 0. The molecule has 0 saturated carbocycles. The fourth-order valence-corrected chi connectivity index (χ4v) is 12.1. The molecular weight excluding hydrogens is 1320 g/mol. The van der Waals surface area contributed by atoms with Crippen LogP contribution >= 0.6 is 0 Å². The van der Waals surface area contributed by atoms with Gasteiger partial charge in [0.15, 0.2) is 5.96 Å². The minimum Gasteiger partial charge on any atom is -0.480 e. The quantitative estimate of drug-likeness (QED) is 0.0155. The van der Waals surface area contributed by atoms with Crippen molar-refractivity contribution in [2.45, 2.75) is 245 Å². The minimum atomic E-state index is -1.61. The molecule has 21 N–H and O–H groups in total. The van der Waals surface area contributed by atoms with Crippen molar-refractivity contribution in [3.63, 3.8) is 0 Å². The van der Waals surface area contributed by atoms with Crippen LogP contribution in [0.1, 0.15) is 166 Å². The maximum Gasteiger partial charge on any atom is 0.326 e. The summed E-state index contributed by atoms with van der Waals surface area (Å²) in [6.45, 7) is 17.6. The molecule has 0 spiro atoms. The number of amides is 13. The highest BCUT2D eigenvalue weighted by molar-refractivity contribution is 6.00. The highest BCUT2D eigenvalue weighted by Gasteiger charge is 2.45. The number of carboxylic acid groups (broad SMARTS) is 1. The van der Waals surface area contributed by atoms with E-state index in [2.05, 4.69) is 68.8 Å². The summed E-state index contributed by atoms with van der Waals surface area (Å²) in [6, 6.07) is -14.5. The van der Waals surface area contributed by atoms with E-state index in [0.29, 0.717) is 38.6 Å². The van der Waals surface area contributed by atoms with Gasteiger partial charge in [-0.25, -0.2) is 4.79 Å². The predicted molar refractivity (Wildman–Crippen MR) is 371 cm³/mol. The average Bonchev–Trinajstić information content (AvgIpc) is 1.68. The van der Waals surface area contributed by atoms with Crippen molar-refractivity contribution in [2.24, 2.45) is 51.8 Å². The van der Waals surface area contributed by atoms with Crippen molar-refractivity contribution in [1.82, 2.24) is 73.6 Å². The average molecular weight is 1430 g/mol. The molecule has 3 aliphatic rings. The van der Waals surface area contributed by atoms with Gasteiger partial charge in [0.2, 0.25) is 76.8 Å². The maximum absolute atomic E-state index is 14.6. The van der Waals surface area contributed by atoms with Crippen molar-refractivity contribution < 1.29 is 82.4 Å². The number of aliphatic imine (C=N–C) groups is 1. The second kappa shape index (κ2) is 43.5. The Bertz CT molecular complexity index is 2850. The first kappa shape index (κ1) is 86.9. The number of carboxylic acids is 1. The monoisotopic (exact) mass is 1430 g/mol. The number of aliphatic carboxylic acids is 1. The highest BCUT2D eigenvalue weighted by atomic mass is 16.4. The van der Waals surface area contributed by atoms with E-state index in [1.165, 1.54) is 16.7 Å². The molecule has 13 amide bonds. The van der Waals surface area contributed by atoms with Crippen LogP contribution in [0.3, 0.4) is 0 Å². The van der Waals surface area contributed by atoms with E-state index in [1.54, 1.807) is 55.4 Å². The molecule has 3 aliphatic heterocycles. The molecule has 101 heavy (non-hydrogen) atoms. The smallest absolute Gasteiger partial charge is 0.326 e. The molecule has 35 nitrogen and oxygen atoms in total. The lowest BCUT2D eigenvalue weighted by Gasteiger charge is -2.33. The highest BCUT2D eigenvalue weighted by Crippen LogP contribution is 2.27. The third-order valence-corrected chi connectivity index (χ3v) is 17.4. The van der Waals surface area contributed by atoms with Crippen LogP contribution in [0.4, 0.5) is 0 Å². The number of aliphatic hydroxyl groups excluding tert-OH is 2. The summed E-state index contributed by atoms with van der Waals surface area (Å²) in [5.41, 5.74) is 16.9. The van der Waals surface area contributed by atoms with E-state index < -0.39 is 193 Å². The number of nitrogens with zero attached hydrogens (tertiary/aromatic N) is 3. The van der Waals surface area contributed by atoms with Gasteiger partial charge in [0, 0.05) is 19.6 Å². The van der Waals surface area contributed by atoms with Crippen molar-refractivity contribution in [1.29, 1.82) is 0 Å². The van der Waals surface area contributed by atoms with E-state index in [0.717, 1.165) is 6.42 Å². The molecule has 0 aromatic heterocycles. The first-order valence-corrected chi connectivity index (χ1v) is 35.4. The Labute approximate surface area is 591 Å². The predicted octanol–water partition coefficient (Wildman–Crippen LogP) is -4.59. The van der Waals surface area contributed by atoms with Crippen LogP contribution < -0.4 is 81.0 Å². The number of hydrogen-bond donors (Lipinski definition) is 18. The lowest BCUT2D eigenvalue weighted by molar-refractivity contribution is -0.148. The first-order chi connectivity index (χ1) is 47.5. The van der Waals surface area contributed by atoms with Gasteiger partial charge >= 0.3 is 5.97 Å². The molecule has 0 aromatic rings. The second-order valence-electron chi connectivity index (χ2n) is 28.3. The van der Waals surface area contributed by atoms with E-state index >= 15 is 0 Å². The molecular formula is C66H116N18O17. The van der Waals surface area contributed by atoms with Crippen LogP contribution in [0.5, 0.6) is 0 Å². The Morgan fingerprint density at radius 3 is 1.46 bits per heavy atom. The fourth-order valence-electron chi connectivity index (χ4n) is 12.1. The van der Waals surface area contributed by atoms with E-state index in [-0.39, 0.29) is 101 Å². The Hall–Kier alpha value is -8.31. The van der Waals surface area contributed by atoms with E-state index in [1.807, 2.05) is 13.8 Å². The number of likely N-dealkylation sites (tertiary alicyclic amines) is 2. The zero-order valence-electron chi connectivity index (χ0n) is 60.6. The van der Waals surface area contributed by atoms with Crippen LogP contribution in [0.25, 0.3) is 0 Å². The molecule has 3 saturated heterocycles. The topological polar surface area (TPSA) is 541 Å². The number of rotatable bonds is 43. The second-order valence-corrected chi connectivity index (χ2v) is 28.3. The van der Waals surface area contributed by atoms with Crippen LogP contribution in [0.15, 0.2) is 4.99 Å². The number of carbonyl (C=O) groups is 14. The van der Waals surface area contributed by atoms with Crippen LogP contribution in [0, 0.1) is 29.6 Å². The van der Waals surface area contributed by atoms with Crippen molar-refractivity contribution >= 4 is 88.7 Å². The zero-order valence-corrected chi connectivity index (χ0v) is 60.6. The molecule has 35 heteroatoms. The molecule has 3 rings (SSSR count). The van der Waals surface area contributed by atoms with Gasteiger partial charge in [0.05, 0.1) is 31.8 Å². The molecule has 0 aromatic carbocycles. The Morgan fingerprint density at radius 1 is 0.495 bits per heavy atom. The summed E-state index contributed by atoms with van der Waals surface area (Å²) in [6.07, 6.45) is 2.22. The molecule has 3 fully saturated rings. The van der Waals surface area contributed by atoms with Crippen molar-refractivity contribution in [2.75, 3.05) is 52.4 Å². The lowest BCUT2D eigenvalue weighted by Crippen LogP contribution is -2.60. The third-order valence-electron chi connectivity index (χ3n) is 17.4. The van der Waals surface area contributed by atoms with Crippen molar-refractivity contribution in [3.05, 3.63) is 0 Å². The van der Waals surface area contributed by atoms with E-state index in [4.69, 9.17) is 17.2 Å². The largest absolute Gasteiger partial charge is 0.480 e. The molecule has 0 bridgehead atoms. The molecule has 572 valence electrons. The molecule has 3 heterocycles. The van der Waals surface area contributed by atoms with Crippen molar-refractivity contribution in [3.8, 4) is 0 Å². The van der Waals surface area contributed by atoms with Crippen LogP contribution in [-0.2, 0) is 67.1 Å². The van der Waals surface area contributed by atoms with E-state index in [9.17, 15) is 82.4 Å². The summed E-state index contributed by atoms with van der Waals surface area (Å²) in [4.78, 5) is 198. The van der Waals surface area contributed by atoms with Gasteiger partial charge < -0.3 is 106 Å². The normalized spacial score (nSPS) is 18.9. The molecule has 0 aliphatic carbocycles. The molecule has 0 radical (unpaired) electrons. The van der Waals surface area contributed by atoms with Gasteiger partial charge in [-0.15, -0.1) is 0 Å². The minimum absolute atomic E-state index is 0.0205. The SMILES string of the molecule is CC(C)C[C@H](NC(=O)[C@@H](NC(=O)[C@H](CC(C)C)NC(=O)[C@H](CCCCN)NC(=O)CNC(=O)[C@@H](NC(=O)[C@@H]1CCCN1C(=O)[C@@H]1CCCN1C(=O)[C@H](CCCN=C(N)N)NC(=O)CNC(=O)[C@@H](NC(=O)[C@H](CC(C)C)NC(=O)[C@H](CO)NC(=O)[C@@H]1CCCN1)C(C)C)C(C)C)[C@@H](C)O)C(=O)O. The number of aliphatic hydroxyl groups is 2. The zero-order chi connectivity index (χ0) is 76.0. The third kappa shape index (κ3) is 29.3. The number of unbranched alkanes of at least 4 members (excludes halogenated alkanes) is 1. The van der Waals surface area contributed by atoms with Crippen LogP contribution in [-0.4, -0.2) is 245 Å². The van der Waals surface area contributed by atoms with Gasteiger partial charge in [-0.2, -0.15) is 0 Å². The first-order valence-electron chi connectivity index (χ1n) is 35.4. The number of hydrogen-bond acceptors (Lipinski definition) is 19. The Morgan fingerprint density at radius 2 is 0.970 bits per heavy atom. The Balaban J connectivity index is 1.72. The standard InChI is InChI=1S/C66H116N18O17/c1-34(2)28-43(77-58(93)46(33-85)79-54(89)40-19-14-24-70-40)56(91)80-51(37(7)8)60(95)73-32-50(88)75-42(20-15-25-71-66(68)69)63(98)84-27-17-22-48(84)64(99)83-26-16-21-47(83)59(94)81-52(38(9)10)61(96)72-31-49(87)74-41(18-12-13-23-67)55(90)76-44(29-35(3)4)57(92)82-53(39(11)86)62(97)78-45(65(100)101)30-36(5)6/h34-48,51-53,70,85-86H,12-33,67H2,1-11H3,(H,72,96)(H,73,95)(H,74,87)(H,75,88)(H,76,90)(H,77,93)(H,78,97)(H,79,89)(H,80,91)(H,81,94)(H,82,92)(H,100,101)(H4,68,69,71)/t39-,40+,41+,42+,43+,44+,45+,46+,47+,48+,51+,52+,53+/m1/s1. The van der Waals surface area contributed by atoms with Crippen LogP contribution in [0.2, 0.25) is 0 Å². The summed E-state index contributed by atoms with van der Waals surface area (Å²) in [5, 5.41) is 61.5. The maximum atomic E-state index is 14.6. The van der Waals surface area contributed by atoms with Gasteiger partial charge in [0.1, 0.15) is 66.5 Å². The van der Waals surface area contributed by atoms with Gasteiger partial charge in [0.25, 0.3) is 0 Å². The number of nitrogens with one attached hydrogen (secondary N) is 12. The molecule has 0 unspecified atom stereocenters. The van der Waals surface area contributed by atoms with Gasteiger partial charge in [-0.1, -0.05) is 69.2 Å². The van der Waals surface area contributed by atoms with Gasteiger partial charge in [-0.05, 0) is 139 Å². The summed E-state index contributed by atoms with van der Waals surface area (Å²) in [5.74, 6) is -12.8. The van der Waals surface area contributed by atoms with Gasteiger partial charge in [-0.3, -0.25) is 67.3 Å². The lowest BCUT2D eigenvalue weighted by atomic mass is 9.99. The Kier molecular flexibility index (Phi) is 37.4. The fraction of sp³-hybridized carbons (Fsp3) is 0.773. The number of carbonyl (C=O) groups excluding carboxylic acids is 13.